The number of methoxy groups -OCH3 is 1. The molecule has 0 aliphatic carbocycles. The highest BCUT2D eigenvalue weighted by Crippen LogP contribution is 2.09. The normalized spacial score (nSPS) is 8.00. The molecular weight excluding hydrogens is 140 g/mol. The Morgan fingerprint density at radius 2 is 1.55 bits per heavy atom. The van der Waals surface area contributed by atoms with Crippen LogP contribution in [0.4, 0.5) is 0 Å². The fourth-order valence-electron chi connectivity index (χ4n) is 0.674. The largest absolute Gasteiger partial charge is 0.497 e. The Morgan fingerprint density at radius 1 is 1.09 bits per heavy atom. The number of aryl methyl sites for hydroxylation is 1. The second-order valence-corrected chi connectivity index (χ2v) is 2.02. The monoisotopic (exact) mass is 154 g/mol. The summed E-state index contributed by atoms with van der Waals surface area (Å²) in [5, 5.41) is 7.00. The molecule has 0 unspecified atom stereocenters. The summed E-state index contributed by atoms with van der Waals surface area (Å²) in [4.78, 5) is 0. The topological polar surface area (TPSA) is 29.5 Å². The maximum absolute atomic E-state index is 7.00. The molecule has 0 bridgehead atoms. The van der Waals surface area contributed by atoms with Crippen LogP contribution < -0.4 is 4.74 Å². The summed E-state index contributed by atoms with van der Waals surface area (Å²) < 4.78 is 4.97. The van der Waals surface area contributed by atoms with Crippen LogP contribution in [0.2, 0.25) is 0 Å². The lowest BCUT2D eigenvalue weighted by atomic mass is 10.2. The highest BCUT2D eigenvalue weighted by molar-refractivity contribution is 5.25. The molecule has 0 fully saturated rings. The molecule has 1 N–H and O–H groups in total. The van der Waals surface area contributed by atoms with Crippen LogP contribution in [0.15, 0.2) is 24.3 Å². The number of benzene rings is 1. The van der Waals surface area contributed by atoms with Crippen LogP contribution in [0, 0.1) is 6.92 Å². The minimum atomic E-state index is 0.917. The zero-order valence-corrected chi connectivity index (χ0v) is 7.16. The van der Waals surface area contributed by atoms with Crippen LogP contribution in [-0.2, 0) is 0 Å². The van der Waals surface area contributed by atoms with Crippen molar-refractivity contribution in [3.05, 3.63) is 29.8 Å². The fraction of sp³-hybridized carbons (Fsp3) is 0.333. The molecule has 0 aliphatic heterocycles. The van der Waals surface area contributed by atoms with Crippen LogP contribution in [-0.4, -0.2) is 19.3 Å². The quantitative estimate of drug-likeness (QED) is 0.666. The Kier molecular flexibility index (Phi) is 5.21. The zero-order valence-electron chi connectivity index (χ0n) is 7.16. The molecule has 0 saturated heterocycles. The first-order valence-corrected chi connectivity index (χ1v) is 3.38. The third-order valence-electron chi connectivity index (χ3n) is 1.26. The van der Waals surface area contributed by atoms with Crippen molar-refractivity contribution in [3.8, 4) is 5.75 Å². The summed E-state index contributed by atoms with van der Waals surface area (Å²) in [6.45, 7) is 2.06. The summed E-state index contributed by atoms with van der Waals surface area (Å²) in [5.41, 5.74) is 1.26. The van der Waals surface area contributed by atoms with Crippen molar-refractivity contribution in [1.29, 1.82) is 0 Å². The van der Waals surface area contributed by atoms with Gasteiger partial charge in [-0.1, -0.05) is 17.7 Å². The fourth-order valence-corrected chi connectivity index (χ4v) is 0.674. The first-order chi connectivity index (χ1) is 5.33. The molecule has 11 heavy (non-hydrogen) atoms. The van der Waals surface area contributed by atoms with Crippen molar-refractivity contribution in [2.45, 2.75) is 6.92 Å². The Morgan fingerprint density at radius 3 is 1.91 bits per heavy atom. The lowest BCUT2D eigenvalue weighted by Crippen LogP contribution is -1.80. The van der Waals surface area contributed by atoms with E-state index in [1.807, 2.05) is 24.3 Å². The molecule has 0 saturated carbocycles. The van der Waals surface area contributed by atoms with Gasteiger partial charge in [0.2, 0.25) is 0 Å². The van der Waals surface area contributed by atoms with E-state index in [9.17, 15) is 0 Å². The van der Waals surface area contributed by atoms with E-state index in [4.69, 9.17) is 9.84 Å². The molecule has 0 radical (unpaired) electrons. The van der Waals surface area contributed by atoms with E-state index in [0.717, 1.165) is 12.9 Å². The molecular formula is C9H14O2. The van der Waals surface area contributed by atoms with Crippen LogP contribution in [0.1, 0.15) is 5.56 Å². The summed E-state index contributed by atoms with van der Waals surface area (Å²) >= 11 is 0. The third-order valence-corrected chi connectivity index (χ3v) is 1.26. The van der Waals surface area contributed by atoms with Gasteiger partial charge in [-0.2, -0.15) is 0 Å². The molecule has 1 aromatic carbocycles. The molecule has 0 heterocycles. The van der Waals surface area contributed by atoms with E-state index in [-0.39, 0.29) is 0 Å². The van der Waals surface area contributed by atoms with Crippen molar-refractivity contribution in [3.63, 3.8) is 0 Å². The van der Waals surface area contributed by atoms with E-state index in [1.165, 1.54) is 5.56 Å². The van der Waals surface area contributed by atoms with Crippen molar-refractivity contribution in [2.24, 2.45) is 0 Å². The van der Waals surface area contributed by atoms with E-state index in [0.29, 0.717) is 0 Å². The Balaban J connectivity index is 0.000000461. The minimum absolute atomic E-state index is 0.917. The van der Waals surface area contributed by atoms with E-state index < -0.39 is 0 Å². The highest BCUT2D eigenvalue weighted by atomic mass is 16.5. The lowest BCUT2D eigenvalue weighted by molar-refractivity contribution is 0.399. The van der Waals surface area contributed by atoms with Gasteiger partial charge in [-0.3, -0.25) is 0 Å². The van der Waals surface area contributed by atoms with Crippen molar-refractivity contribution >= 4 is 0 Å². The van der Waals surface area contributed by atoms with Crippen molar-refractivity contribution in [2.75, 3.05) is 14.2 Å². The van der Waals surface area contributed by atoms with Gasteiger partial charge in [0.15, 0.2) is 0 Å². The molecule has 0 aromatic heterocycles. The Labute approximate surface area is 67.4 Å². The molecule has 62 valence electrons. The standard InChI is InChI=1S/C8H10O.CH4O/c1-7-3-5-8(9-2)6-4-7;1-2/h3-6H,1-2H3;2H,1H3. The zero-order chi connectivity index (χ0) is 8.69. The maximum atomic E-state index is 7.00. The Bertz CT molecular complexity index is 179. The Hall–Kier alpha value is -1.02. The minimum Gasteiger partial charge on any atom is -0.497 e. The predicted molar refractivity (Wildman–Crippen MR) is 45.9 cm³/mol. The van der Waals surface area contributed by atoms with Gasteiger partial charge < -0.3 is 9.84 Å². The summed E-state index contributed by atoms with van der Waals surface area (Å²) in [6, 6.07) is 7.96. The molecule has 2 heteroatoms. The average Bonchev–Trinajstić information content (AvgIpc) is 2.10. The number of aliphatic hydroxyl groups excluding tert-OH is 1. The van der Waals surface area contributed by atoms with Crippen LogP contribution in [0.25, 0.3) is 0 Å². The molecule has 1 rings (SSSR count). The highest BCUT2D eigenvalue weighted by Gasteiger charge is 1.85. The van der Waals surface area contributed by atoms with Crippen LogP contribution in [0.5, 0.6) is 5.75 Å². The van der Waals surface area contributed by atoms with Gasteiger partial charge in [0.25, 0.3) is 0 Å². The summed E-state index contributed by atoms with van der Waals surface area (Å²) in [7, 11) is 2.67. The summed E-state index contributed by atoms with van der Waals surface area (Å²) in [6.07, 6.45) is 0. The molecule has 2 nitrogen and oxygen atoms in total. The summed E-state index contributed by atoms with van der Waals surface area (Å²) in [5.74, 6) is 0.917. The van der Waals surface area contributed by atoms with Crippen molar-refractivity contribution < 1.29 is 9.84 Å². The van der Waals surface area contributed by atoms with Gasteiger partial charge in [-0.25, -0.2) is 0 Å². The average molecular weight is 154 g/mol. The molecule has 0 spiro atoms. The van der Waals surface area contributed by atoms with Gasteiger partial charge in [-0.05, 0) is 19.1 Å². The van der Waals surface area contributed by atoms with Gasteiger partial charge in [0.1, 0.15) is 5.75 Å². The van der Waals surface area contributed by atoms with Gasteiger partial charge in [-0.15, -0.1) is 0 Å². The molecule has 0 atom stereocenters. The number of rotatable bonds is 1. The van der Waals surface area contributed by atoms with Gasteiger partial charge in [0.05, 0.1) is 7.11 Å². The third kappa shape index (κ3) is 3.63. The van der Waals surface area contributed by atoms with E-state index in [1.54, 1.807) is 7.11 Å². The van der Waals surface area contributed by atoms with Crippen LogP contribution in [0.3, 0.4) is 0 Å². The number of aliphatic hydroxyl groups is 1. The second-order valence-electron chi connectivity index (χ2n) is 2.02. The van der Waals surface area contributed by atoms with E-state index in [2.05, 4.69) is 6.92 Å². The number of hydrogen-bond donors (Lipinski definition) is 1. The lowest BCUT2D eigenvalue weighted by Gasteiger charge is -1.97. The van der Waals surface area contributed by atoms with Crippen LogP contribution >= 0.6 is 0 Å². The maximum Gasteiger partial charge on any atom is 0.118 e. The predicted octanol–water partition coefficient (Wildman–Crippen LogP) is 1.61. The van der Waals surface area contributed by atoms with Gasteiger partial charge >= 0.3 is 0 Å². The smallest absolute Gasteiger partial charge is 0.118 e. The molecule has 0 amide bonds. The molecule has 1 aromatic rings. The first-order valence-electron chi connectivity index (χ1n) is 3.38. The first kappa shape index (κ1) is 9.98. The number of hydrogen-bond acceptors (Lipinski definition) is 2. The SMILES string of the molecule is CO.COc1ccc(C)cc1. The molecule has 0 aliphatic rings. The van der Waals surface area contributed by atoms with Gasteiger partial charge in [0, 0.05) is 7.11 Å². The van der Waals surface area contributed by atoms with E-state index >= 15 is 0 Å². The second kappa shape index (κ2) is 5.74. The number of ether oxygens (including phenoxy) is 1. The van der Waals surface area contributed by atoms with Crippen molar-refractivity contribution in [1.82, 2.24) is 0 Å².